The van der Waals surface area contributed by atoms with Crippen molar-refractivity contribution in [3.8, 4) is 5.40 Å². The topological polar surface area (TPSA) is 50.1 Å². The molecule has 0 aliphatic rings. The first-order valence-electron chi connectivity index (χ1n) is 6.64. The minimum absolute atomic E-state index is 0.132. The largest absolute Gasteiger partial charge is 0.461 e. The molecule has 0 aliphatic carbocycles. The molecule has 0 aliphatic heterocycles. The number of rotatable bonds is 5. The molecule has 22 heavy (non-hydrogen) atoms. The second-order valence-electron chi connectivity index (χ2n) is 4.71. The summed E-state index contributed by atoms with van der Waals surface area (Å²) in [5.41, 5.74) is 2.48. The van der Waals surface area contributed by atoms with E-state index in [1.54, 1.807) is 24.3 Å². The zero-order valence-electron chi connectivity index (χ0n) is 12.0. The number of hydrogen-bond donors (Lipinski definition) is 0. The van der Waals surface area contributed by atoms with Crippen molar-refractivity contribution in [2.75, 3.05) is 6.61 Å². The summed E-state index contributed by atoms with van der Waals surface area (Å²) in [6.45, 7) is 2.09. The van der Waals surface area contributed by atoms with E-state index in [9.17, 15) is 4.79 Å². The summed E-state index contributed by atoms with van der Waals surface area (Å²) in [5, 5.41) is 11.3. The van der Waals surface area contributed by atoms with E-state index < -0.39 is 5.97 Å². The standard InChI is InChI=1S/C17H14ClNO2S/c1-12-2-4-14(5-3-12)17(20)21-10-16(22-11-19)13-6-8-15(18)9-7-13/h2-9,16H,10H2,1H3. The predicted molar refractivity (Wildman–Crippen MR) is 88.9 cm³/mol. The summed E-state index contributed by atoms with van der Waals surface area (Å²) in [4.78, 5) is 12.0. The second-order valence-corrected chi connectivity index (χ2v) is 6.14. The van der Waals surface area contributed by atoms with Crippen LogP contribution in [0, 0.1) is 17.6 Å². The average Bonchev–Trinajstić information content (AvgIpc) is 2.53. The third-order valence-corrected chi connectivity index (χ3v) is 4.14. The van der Waals surface area contributed by atoms with Crippen LogP contribution in [-0.2, 0) is 4.74 Å². The fourth-order valence-corrected chi connectivity index (χ4v) is 2.55. The van der Waals surface area contributed by atoms with E-state index >= 15 is 0 Å². The molecule has 0 N–H and O–H groups in total. The van der Waals surface area contributed by atoms with E-state index in [0.717, 1.165) is 22.9 Å². The summed E-state index contributed by atoms with van der Waals surface area (Å²) in [5.74, 6) is -0.391. The van der Waals surface area contributed by atoms with Gasteiger partial charge < -0.3 is 4.74 Å². The lowest BCUT2D eigenvalue weighted by atomic mass is 10.1. The van der Waals surface area contributed by atoms with Gasteiger partial charge in [-0.1, -0.05) is 41.4 Å². The third-order valence-electron chi connectivity index (χ3n) is 3.09. The van der Waals surface area contributed by atoms with Gasteiger partial charge in [0, 0.05) is 5.02 Å². The van der Waals surface area contributed by atoms with Crippen LogP contribution in [0.5, 0.6) is 0 Å². The van der Waals surface area contributed by atoms with Gasteiger partial charge in [0.05, 0.1) is 10.8 Å². The van der Waals surface area contributed by atoms with Crippen LogP contribution in [0.2, 0.25) is 5.02 Å². The Morgan fingerprint density at radius 2 is 1.86 bits per heavy atom. The highest BCUT2D eigenvalue weighted by molar-refractivity contribution is 8.03. The van der Waals surface area contributed by atoms with Crippen LogP contribution in [0.3, 0.4) is 0 Å². The number of benzene rings is 2. The maximum Gasteiger partial charge on any atom is 0.338 e. The zero-order chi connectivity index (χ0) is 15.9. The summed E-state index contributed by atoms with van der Waals surface area (Å²) < 4.78 is 5.32. The third kappa shape index (κ3) is 4.52. The Morgan fingerprint density at radius 1 is 1.23 bits per heavy atom. The van der Waals surface area contributed by atoms with Gasteiger partial charge in [0.1, 0.15) is 12.0 Å². The minimum atomic E-state index is -0.391. The molecule has 0 spiro atoms. The predicted octanol–water partition coefficient (Wildman–Crippen LogP) is 4.76. The second kappa shape index (κ2) is 7.88. The van der Waals surface area contributed by atoms with E-state index in [-0.39, 0.29) is 11.9 Å². The highest BCUT2D eigenvalue weighted by atomic mass is 35.5. The molecule has 2 aromatic carbocycles. The first kappa shape index (κ1) is 16.4. The Kier molecular flexibility index (Phi) is 5.88. The lowest BCUT2D eigenvalue weighted by Gasteiger charge is -2.14. The van der Waals surface area contributed by atoms with Crippen molar-refractivity contribution in [3.05, 3.63) is 70.2 Å². The molecule has 0 fully saturated rings. The van der Waals surface area contributed by atoms with E-state index in [0.29, 0.717) is 10.6 Å². The molecule has 1 unspecified atom stereocenters. The van der Waals surface area contributed by atoms with Gasteiger partial charge in [-0.2, -0.15) is 5.26 Å². The van der Waals surface area contributed by atoms with Crippen molar-refractivity contribution < 1.29 is 9.53 Å². The number of esters is 1. The van der Waals surface area contributed by atoms with E-state index in [1.165, 1.54) is 0 Å². The quantitative estimate of drug-likeness (QED) is 0.585. The van der Waals surface area contributed by atoms with E-state index in [1.807, 2.05) is 36.6 Å². The van der Waals surface area contributed by atoms with Crippen LogP contribution in [0.25, 0.3) is 0 Å². The molecule has 2 aromatic rings. The molecule has 112 valence electrons. The SMILES string of the molecule is Cc1ccc(C(=O)OCC(SC#N)c2ccc(Cl)cc2)cc1. The Balaban J connectivity index is 2.02. The average molecular weight is 332 g/mol. The van der Waals surface area contributed by atoms with Gasteiger partial charge in [-0.05, 0) is 48.5 Å². The van der Waals surface area contributed by atoms with Crippen LogP contribution in [-0.4, -0.2) is 12.6 Å². The molecule has 0 heterocycles. The first-order valence-corrected chi connectivity index (χ1v) is 7.90. The lowest BCUT2D eigenvalue weighted by molar-refractivity contribution is 0.0506. The molecule has 5 heteroatoms. The number of thiocyanates is 1. The maximum absolute atomic E-state index is 12.0. The van der Waals surface area contributed by atoms with Crippen molar-refractivity contribution in [2.45, 2.75) is 12.2 Å². The normalized spacial score (nSPS) is 11.5. The summed E-state index contributed by atoms with van der Waals surface area (Å²) in [6.07, 6.45) is 0. The van der Waals surface area contributed by atoms with Crippen LogP contribution >= 0.6 is 23.4 Å². The first-order chi connectivity index (χ1) is 10.6. The summed E-state index contributed by atoms with van der Waals surface area (Å²) in [6, 6.07) is 14.3. The number of ether oxygens (including phenoxy) is 1. The molecule has 3 nitrogen and oxygen atoms in total. The van der Waals surface area contributed by atoms with Crippen LogP contribution < -0.4 is 0 Å². The number of hydrogen-bond acceptors (Lipinski definition) is 4. The number of aryl methyl sites for hydroxylation is 1. The number of nitrogens with zero attached hydrogens (tertiary/aromatic N) is 1. The smallest absolute Gasteiger partial charge is 0.338 e. The fourth-order valence-electron chi connectivity index (χ4n) is 1.86. The molecular weight excluding hydrogens is 318 g/mol. The Bertz CT molecular complexity index is 677. The molecule has 0 bridgehead atoms. The number of carbonyl (C=O) groups is 1. The van der Waals surface area contributed by atoms with Crippen LogP contribution in [0.4, 0.5) is 0 Å². The van der Waals surface area contributed by atoms with Crippen molar-refractivity contribution in [3.63, 3.8) is 0 Å². The van der Waals surface area contributed by atoms with Gasteiger partial charge in [0.2, 0.25) is 0 Å². The highest BCUT2D eigenvalue weighted by Gasteiger charge is 2.16. The molecular formula is C17H14ClNO2S. The molecule has 0 radical (unpaired) electrons. The molecule has 0 saturated carbocycles. The van der Waals surface area contributed by atoms with Gasteiger partial charge in [-0.3, -0.25) is 0 Å². The number of nitriles is 1. The zero-order valence-corrected chi connectivity index (χ0v) is 13.5. The molecule has 0 aromatic heterocycles. The number of carbonyl (C=O) groups excluding carboxylic acids is 1. The summed E-state index contributed by atoms with van der Waals surface area (Å²) in [7, 11) is 0. The Morgan fingerprint density at radius 3 is 2.45 bits per heavy atom. The van der Waals surface area contributed by atoms with E-state index in [4.69, 9.17) is 21.6 Å². The van der Waals surface area contributed by atoms with E-state index in [2.05, 4.69) is 0 Å². The summed E-state index contributed by atoms with van der Waals surface area (Å²) >= 11 is 6.92. The molecule has 1 atom stereocenters. The Hall–Kier alpha value is -1.96. The molecule has 0 saturated heterocycles. The molecule has 2 rings (SSSR count). The maximum atomic E-state index is 12.0. The van der Waals surface area contributed by atoms with Gasteiger partial charge in [0.15, 0.2) is 0 Å². The van der Waals surface area contributed by atoms with Crippen LogP contribution in [0.15, 0.2) is 48.5 Å². The number of thioether (sulfide) groups is 1. The monoisotopic (exact) mass is 331 g/mol. The van der Waals surface area contributed by atoms with Crippen LogP contribution in [0.1, 0.15) is 26.7 Å². The molecule has 0 amide bonds. The van der Waals surface area contributed by atoms with Gasteiger partial charge in [0.25, 0.3) is 0 Å². The fraction of sp³-hybridized carbons (Fsp3) is 0.176. The minimum Gasteiger partial charge on any atom is -0.461 e. The lowest BCUT2D eigenvalue weighted by Crippen LogP contribution is -2.11. The number of halogens is 1. The van der Waals surface area contributed by atoms with Crippen molar-refractivity contribution in [1.29, 1.82) is 5.26 Å². The Labute approximate surface area is 138 Å². The highest BCUT2D eigenvalue weighted by Crippen LogP contribution is 2.29. The van der Waals surface area contributed by atoms with Gasteiger partial charge in [-0.25, -0.2) is 4.79 Å². The van der Waals surface area contributed by atoms with Gasteiger partial charge >= 0.3 is 5.97 Å². The van der Waals surface area contributed by atoms with Crippen molar-refractivity contribution in [1.82, 2.24) is 0 Å². The van der Waals surface area contributed by atoms with Crippen molar-refractivity contribution in [2.24, 2.45) is 0 Å². The van der Waals surface area contributed by atoms with Gasteiger partial charge in [-0.15, -0.1) is 0 Å². The van der Waals surface area contributed by atoms with Crippen molar-refractivity contribution >= 4 is 29.3 Å².